The van der Waals surface area contributed by atoms with Gasteiger partial charge in [-0.1, -0.05) is 0 Å². The molecule has 0 unspecified atom stereocenters. The second kappa shape index (κ2) is 12.0. The zero-order valence-electron chi connectivity index (χ0n) is 15.8. The largest absolute Gasteiger partial charge is 0.469 e. The number of carbonyl (C=O) groups is 1. The van der Waals surface area contributed by atoms with Crippen molar-refractivity contribution in [1.82, 2.24) is 15.5 Å². The monoisotopic (exact) mass is 466 g/mol. The van der Waals surface area contributed by atoms with Crippen LogP contribution in [0.1, 0.15) is 33.5 Å². The fourth-order valence-electron chi connectivity index (χ4n) is 1.99. The van der Waals surface area contributed by atoms with Crippen molar-refractivity contribution in [3.63, 3.8) is 0 Å². The lowest BCUT2D eigenvalue weighted by atomic mass is 10.2. The Bertz CT molecular complexity index is 512. The number of hydrogen-bond donors (Lipinski definition) is 2. The number of likely N-dealkylation sites (N-methyl/N-ethyl adjacent to an activating group) is 1. The van der Waals surface area contributed by atoms with Gasteiger partial charge >= 0.3 is 6.09 Å². The van der Waals surface area contributed by atoms with Crippen molar-refractivity contribution >= 4 is 36.0 Å². The fourth-order valence-corrected chi connectivity index (χ4v) is 1.99. The molecule has 0 spiro atoms. The van der Waals surface area contributed by atoms with Crippen LogP contribution in [-0.4, -0.2) is 55.8 Å². The van der Waals surface area contributed by atoms with Gasteiger partial charge in [0.1, 0.15) is 11.4 Å². The normalized spacial score (nSPS) is 11.5. The molecule has 2 N–H and O–H groups in total. The van der Waals surface area contributed by atoms with Crippen LogP contribution in [0.4, 0.5) is 4.79 Å². The lowest BCUT2D eigenvalue weighted by molar-refractivity contribution is 0.0264. The van der Waals surface area contributed by atoms with Gasteiger partial charge in [0.05, 0.1) is 6.26 Å². The van der Waals surface area contributed by atoms with Crippen LogP contribution < -0.4 is 10.6 Å². The summed E-state index contributed by atoms with van der Waals surface area (Å²) in [6.07, 6.45) is 2.15. The number of furan rings is 1. The van der Waals surface area contributed by atoms with E-state index in [1.54, 1.807) is 18.2 Å². The highest BCUT2D eigenvalue weighted by atomic mass is 127. The fraction of sp³-hybridized carbons (Fsp3) is 0.647. The van der Waals surface area contributed by atoms with Crippen molar-refractivity contribution in [2.75, 3.05) is 33.2 Å². The second-order valence-electron chi connectivity index (χ2n) is 6.32. The molecule has 0 aliphatic rings. The Labute approximate surface area is 167 Å². The Morgan fingerprint density at radius 3 is 2.52 bits per heavy atom. The highest BCUT2D eigenvalue weighted by Gasteiger charge is 2.20. The molecule has 8 heteroatoms. The number of rotatable bonds is 7. The molecular weight excluding hydrogens is 435 g/mol. The average Bonchev–Trinajstić information content (AvgIpc) is 3.01. The Hall–Kier alpha value is -1.45. The van der Waals surface area contributed by atoms with Crippen LogP contribution in [0.2, 0.25) is 0 Å². The summed E-state index contributed by atoms with van der Waals surface area (Å²) in [5.74, 6) is 1.63. The molecule has 1 aromatic heterocycles. The molecule has 0 atom stereocenters. The van der Waals surface area contributed by atoms with Gasteiger partial charge in [-0.25, -0.2) is 4.79 Å². The summed E-state index contributed by atoms with van der Waals surface area (Å²) in [6.45, 7) is 9.97. The molecule has 0 radical (unpaired) electrons. The summed E-state index contributed by atoms with van der Waals surface area (Å²) < 4.78 is 10.7. The SMILES string of the molecule is CCN(CCNC(=NC)NCCc1ccco1)C(=O)OC(C)(C)C.I. The van der Waals surface area contributed by atoms with Crippen LogP contribution in [0.25, 0.3) is 0 Å². The molecule has 1 heterocycles. The highest BCUT2D eigenvalue weighted by Crippen LogP contribution is 2.09. The van der Waals surface area contributed by atoms with E-state index in [4.69, 9.17) is 9.15 Å². The molecule has 1 aromatic rings. The van der Waals surface area contributed by atoms with E-state index in [2.05, 4.69) is 15.6 Å². The van der Waals surface area contributed by atoms with Crippen molar-refractivity contribution < 1.29 is 13.9 Å². The molecule has 0 bridgehead atoms. The topological polar surface area (TPSA) is 79.1 Å². The van der Waals surface area contributed by atoms with E-state index in [1.807, 2.05) is 39.8 Å². The number of aliphatic imine (C=N–C) groups is 1. The first-order chi connectivity index (χ1) is 11.4. The van der Waals surface area contributed by atoms with Gasteiger partial charge in [-0.3, -0.25) is 4.99 Å². The van der Waals surface area contributed by atoms with E-state index in [9.17, 15) is 4.79 Å². The predicted molar refractivity (Wildman–Crippen MR) is 111 cm³/mol. The summed E-state index contributed by atoms with van der Waals surface area (Å²) in [4.78, 5) is 17.9. The molecule has 0 aliphatic carbocycles. The van der Waals surface area contributed by atoms with Gasteiger partial charge in [0.25, 0.3) is 0 Å². The maximum atomic E-state index is 12.1. The molecule has 0 saturated heterocycles. The summed E-state index contributed by atoms with van der Waals surface area (Å²) in [5, 5.41) is 6.40. The van der Waals surface area contributed by atoms with E-state index >= 15 is 0 Å². The van der Waals surface area contributed by atoms with E-state index in [0.29, 0.717) is 25.6 Å². The molecule has 144 valence electrons. The van der Waals surface area contributed by atoms with Crippen molar-refractivity contribution in [3.8, 4) is 0 Å². The Kier molecular flexibility index (Phi) is 11.3. The van der Waals surface area contributed by atoms with E-state index in [-0.39, 0.29) is 30.1 Å². The standard InChI is InChI=1S/C17H30N4O3.HI/c1-6-21(16(22)24-17(2,3)4)12-11-20-15(18-5)19-10-9-14-8-7-13-23-14;/h7-8,13H,6,9-12H2,1-5H3,(H2,18,19,20);1H. The maximum absolute atomic E-state index is 12.1. The summed E-state index contributed by atoms with van der Waals surface area (Å²) in [5.41, 5.74) is -0.485. The number of nitrogens with zero attached hydrogens (tertiary/aromatic N) is 2. The quantitative estimate of drug-likeness (QED) is 0.367. The summed E-state index contributed by atoms with van der Waals surface area (Å²) in [7, 11) is 1.72. The van der Waals surface area contributed by atoms with Crippen LogP contribution >= 0.6 is 24.0 Å². The number of guanidine groups is 1. The number of hydrogen-bond acceptors (Lipinski definition) is 4. The smallest absolute Gasteiger partial charge is 0.410 e. The minimum atomic E-state index is -0.485. The minimum Gasteiger partial charge on any atom is -0.469 e. The van der Waals surface area contributed by atoms with Crippen LogP contribution in [-0.2, 0) is 11.2 Å². The van der Waals surface area contributed by atoms with Crippen molar-refractivity contribution in [1.29, 1.82) is 0 Å². The molecule has 0 saturated carbocycles. The Morgan fingerprint density at radius 1 is 1.32 bits per heavy atom. The summed E-state index contributed by atoms with van der Waals surface area (Å²) in [6, 6.07) is 3.82. The van der Waals surface area contributed by atoms with Crippen molar-refractivity contribution in [2.45, 2.75) is 39.7 Å². The van der Waals surface area contributed by atoms with E-state index in [0.717, 1.165) is 18.7 Å². The van der Waals surface area contributed by atoms with Gasteiger partial charge in [-0.05, 0) is 39.8 Å². The van der Waals surface area contributed by atoms with Crippen LogP contribution in [0, 0.1) is 0 Å². The molecular formula is C17H31IN4O3. The van der Waals surface area contributed by atoms with Gasteiger partial charge in [0, 0.05) is 39.6 Å². The number of carbonyl (C=O) groups excluding carboxylic acids is 1. The zero-order chi connectivity index (χ0) is 18.0. The molecule has 0 aromatic carbocycles. The molecule has 1 amide bonds. The molecule has 0 aliphatic heterocycles. The highest BCUT2D eigenvalue weighted by molar-refractivity contribution is 14.0. The third-order valence-corrected chi connectivity index (χ3v) is 3.18. The van der Waals surface area contributed by atoms with Crippen molar-refractivity contribution in [3.05, 3.63) is 24.2 Å². The first kappa shape index (κ1) is 23.5. The molecule has 25 heavy (non-hydrogen) atoms. The van der Waals surface area contributed by atoms with Gasteiger partial charge in [0.2, 0.25) is 0 Å². The van der Waals surface area contributed by atoms with E-state index in [1.165, 1.54) is 0 Å². The molecule has 1 rings (SSSR count). The van der Waals surface area contributed by atoms with E-state index < -0.39 is 5.60 Å². The summed E-state index contributed by atoms with van der Waals surface area (Å²) >= 11 is 0. The zero-order valence-corrected chi connectivity index (χ0v) is 18.1. The van der Waals surface area contributed by atoms with Gasteiger partial charge in [-0.2, -0.15) is 0 Å². The van der Waals surface area contributed by atoms with Gasteiger partial charge < -0.3 is 24.7 Å². The molecule has 0 fully saturated rings. The van der Waals surface area contributed by atoms with Gasteiger partial charge in [0.15, 0.2) is 5.96 Å². The third-order valence-electron chi connectivity index (χ3n) is 3.18. The van der Waals surface area contributed by atoms with Gasteiger partial charge in [-0.15, -0.1) is 24.0 Å². The van der Waals surface area contributed by atoms with Crippen LogP contribution in [0.3, 0.4) is 0 Å². The maximum Gasteiger partial charge on any atom is 0.410 e. The Morgan fingerprint density at radius 2 is 2.00 bits per heavy atom. The number of halogens is 1. The third kappa shape index (κ3) is 10.2. The lowest BCUT2D eigenvalue weighted by Gasteiger charge is -2.26. The molecule has 7 nitrogen and oxygen atoms in total. The Balaban J connectivity index is 0.00000576. The average molecular weight is 466 g/mol. The predicted octanol–water partition coefficient (Wildman–Crippen LogP) is 2.86. The number of ether oxygens (including phenoxy) is 1. The lowest BCUT2D eigenvalue weighted by Crippen LogP contribution is -2.44. The van der Waals surface area contributed by atoms with Crippen LogP contribution in [0.15, 0.2) is 27.8 Å². The first-order valence-electron chi connectivity index (χ1n) is 8.30. The number of nitrogens with one attached hydrogen (secondary N) is 2. The minimum absolute atomic E-state index is 0. The number of amides is 1. The first-order valence-corrected chi connectivity index (χ1v) is 8.30. The van der Waals surface area contributed by atoms with Crippen molar-refractivity contribution in [2.24, 2.45) is 4.99 Å². The van der Waals surface area contributed by atoms with Crippen LogP contribution in [0.5, 0.6) is 0 Å². The second-order valence-corrected chi connectivity index (χ2v) is 6.32.